The van der Waals surface area contributed by atoms with E-state index in [-0.39, 0.29) is 5.91 Å². The monoisotopic (exact) mass is 280 g/mol. The number of hydrogen-bond acceptors (Lipinski definition) is 4. The van der Waals surface area contributed by atoms with E-state index in [1.807, 2.05) is 24.3 Å². The van der Waals surface area contributed by atoms with Crippen LogP contribution in [0.1, 0.15) is 22.8 Å². The van der Waals surface area contributed by atoms with Gasteiger partial charge in [0, 0.05) is 18.7 Å². The zero-order valence-corrected chi connectivity index (χ0v) is 12.1. The molecular formula is C15H24N2O3. The number of benzene rings is 1. The van der Waals surface area contributed by atoms with Crippen LogP contribution in [0.25, 0.3) is 0 Å². The van der Waals surface area contributed by atoms with Crippen molar-refractivity contribution in [3.05, 3.63) is 35.4 Å². The third-order valence-electron chi connectivity index (χ3n) is 2.79. The normalized spacial score (nSPS) is 10.5. The topological polar surface area (TPSA) is 73.6 Å². The first-order chi connectivity index (χ1) is 9.77. The quantitative estimate of drug-likeness (QED) is 0.626. The molecule has 0 saturated heterocycles. The third kappa shape index (κ3) is 6.65. The summed E-state index contributed by atoms with van der Waals surface area (Å²) in [5.74, 6) is -0.0735. The lowest BCUT2D eigenvalue weighted by atomic mass is 10.1. The van der Waals surface area contributed by atoms with Gasteiger partial charge in [-0.1, -0.05) is 19.1 Å². The number of nitrogens with one attached hydrogen (secondary N) is 1. The van der Waals surface area contributed by atoms with Gasteiger partial charge in [-0.05, 0) is 24.1 Å². The molecule has 1 rings (SSSR count). The van der Waals surface area contributed by atoms with Crippen molar-refractivity contribution in [2.45, 2.75) is 13.3 Å². The summed E-state index contributed by atoms with van der Waals surface area (Å²) in [5, 5.41) is 2.81. The van der Waals surface area contributed by atoms with Crippen LogP contribution in [0.15, 0.2) is 24.3 Å². The number of rotatable bonds is 10. The summed E-state index contributed by atoms with van der Waals surface area (Å²) in [5.41, 5.74) is 7.18. The zero-order chi connectivity index (χ0) is 14.6. The van der Waals surface area contributed by atoms with Crippen molar-refractivity contribution in [1.29, 1.82) is 0 Å². The van der Waals surface area contributed by atoms with Crippen molar-refractivity contribution in [2.75, 3.05) is 39.5 Å². The smallest absolute Gasteiger partial charge is 0.251 e. The molecule has 1 aromatic rings. The van der Waals surface area contributed by atoms with Crippen molar-refractivity contribution < 1.29 is 14.3 Å². The number of nitrogens with two attached hydrogens (primary N) is 1. The second-order valence-electron chi connectivity index (χ2n) is 4.32. The van der Waals surface area contributed by atoms with E-state index >= 15 is 0 Å². The van der Waals surface area contributed by atoms with Crippen LogP contribution in [0.3, 0.4) is 0 Å². The molecule has 1 amide bonds. The van der Waals surface area contributed by atoms with E-state index in [1.165, 1.54) is 5.56 Å². The molecule has 0 radical (unpaired) electrons. The highest BCUT2D eigenvalue weighted by molar-refractivity contribution is 5.94. The maximum atomic E-state index is 11.8. The molecule has 5 nitrogen and oxygen atoms in total. The van der Waals surface area contributed by atoms with E-state index in [0.717, 1.165) is 6.42 Å². The third-order valence-corrected chi connectivity index (χ3v) is 2.79. The molecule has 0 aromatic heterocycles. The molecule has 0 aliphatic carbocycles. The van der Waals surface area contributed by atoms with Gasteiger partial charge >= 0.3 is 0 Å². The molecule has 0 unspecified atom stereocenters. The SMILES string of the molecule is CCc1ccc(C(=O)NCCOCCOCCN)cc1. The first-order valence-electron chi connectivity index (χ1n) is 7.00. The molecule has 1 aromatic carbocycles. The second kappa shape index (κ2) is 10.4. The average Bonchev–Trinajstić information content (AvgIpc) is 2.50. The summed E-state index contributed by atoms with van der Waals surface area (Å²) in [6, 6.07) is 7.63. The molecule has 0 heterocycles. The lowest BCUT2D eigenvalue weighted by Gasteiger charge is -2.07. The molecule has 0 aliphatic heterocycles. The Bertz CT molecular complexity index is 379. The van der Waals surface area contributed by atoms with Gasteiger partial charge in [-0.2, -0.15) is 0 Å². The summed E-state index contributed by atoms with van der Waals surface area (Å²) in [7, 11) is 0. The van der Waals surface area contributed by atoms with Gasteiger partial charge in [0.2, 0.25) is 0 Å². The van der Waals surface area contributed by atoms with Crippen molar-refractivity contribution in [3.63, 3.8) is 0 Å². The minimum atomic E-state index is -0.0735. The first kappa shape index (κ1) is 16.6. The molecular weight excluding hydrogens is 256 g/mol. The van der Waals surface area contributed by atoms with E-state index in [9.17, 15) is 4.79 Å². The highest BCUT2D eigenvalue weighted by Crippen LogP contribution is 2.04. The van der Waals surface area contributed by atoms with Gasteiger partial charge in [-0.15, -0.1) is 0 Å². The van der Waals surface area contributed by atoms with E-state index in [1.54, 1.807) is 0 Å². The van der Waals surface area contributed by atoms with E-state index in [0.29, 0.717) is 45.1 Å². The van der Waals surface area contributed by atoms with Crippen LogP contribution in [0.2, 0.25) is 0 Å². The number of ether oxygens (including phenoxy) is 2. The van der Waals surface area contributed by atoms with Gasteiger partial charge in [0.15, 0.2) is 0 Å². The summed E-state index contributed by atoms with van der Waals surface area (Å²) in [4.78, 5) is 11.8. The minimum Gasteiger partial charge on any atom is -0.378 e. The number of hydrogen-bond donors (Lipinski definition) is 2. The van der Waals surface area contributed by atoms with Crippen molar-refractivity contribution in [3.8, 4) is 0 Å². The fourth-order valence-corrected chi connectivity index (χ4v) is 1.64. The Kier molecular flexibility index (Phi) is 8.62. The van der Waals surface area contributed by atoms with Crippen molar-refractivity contribution >= 4 is 5.91 Å². The molecule has 0 fully saturated rings. The maximum Gasteiger partial charge on any atom is 0.251 e. The lowest BCUT2D eigenvalue weighted by Crippen LogP contribution is -2.27. The van der Waals surface area contributed by atoms with Crippen LogP contribution in [0.5, 0.6) is 0 Å². The van der Waals surface area contributed by atoms with Crippen LogP contribution in [-0.4, -0.2) is 45.4 Å². The molecule has 20 heavy (non-hydrogen) atoms. The second-order valence-corrected chi connectivity index (χ2v) is 4.32. The minimum absolute atomic E-state index is 0.0735. The molecule has 5 heteroatoms. The number of carbonyl (C=O) groups is 1. The molecule has 0 spiro atoms. The van der Waals surface area contributed by atoms with Gasteiger partial charge in [0.25, 0.3) is 5.91 Å². The Hall–Kier alpha value is -1.43. The fraction of sp³-hybridized carbons (Fsp3) is 0.533. The Morgan fingerprint density at radius 1 is 1.10 bits per heavy atom. The highest BCUT2D eigenvalue weighted by Gasteiger charge is 2.03. The van der Waals surface area contributed by atoms with Crippen molar-refractivity contribution in [2.24, 2.45) is 5.73 Å². The molecule has 0 atom stereocenters. The summed E-state index contributed by atoms with van der Waals surface area (Å²) in [6.07, 6.45) is 0.974. The highest BCUT2D eigenvalue weighted by atomic mass is 16.5. The van der Waals surface area contributed by atoms with Gasteiger partial charge in [-0.25, -0.2) is 0 Å². The van der Waals surface area contributed by atoms with Crippen LogP contribution in [0, 0.1) is 0 Å². The van der Waals surface area contributed by atoms with Crippen LogP contribution < -0.4 is 11.1 Å². The Balaban J connectivity index is 2.10. The standard InChI is InChI=1S/C15H24N2O3/c1-2-13-3-5-14(6-4-13)15(18)17-8-10-20-12-11-19-9-7-16/h3-6H,2,7-12,16H2,1H3,(H,17,18). The molecule has 0 bridgehead atoms. The average molecular weight is 280 g/mol. The van der Waals surface area contributed by atoms with Gasteiger partial charge in [0.1, 0.15) is 0 Å². The first-order valence-corrected chi connectivity index (χ1v) is 7.00. The van der Waals surface area contributed by atoms with Crippen LogP contribution in [0.4, 0.5) is 0 Å². The van der Waals surface area contributed by atoms with E-state index in [4.69, 9.17) is 15.2 Å². The van der Waals surface area contributed by atoms with E-state index < -0.39 is 0 Å². The van der Waals surface area contributed by atoms with Crippen molar-refractivity contribution in [1.82, 2.24) is 5.32 Å². The van der Waals surface area contributed by atoms with Crippen LogP contribution in [-0.2, 0) is 15.9 Å². The van der Waals surface area contributed by atoms with E-state index in [2.05, 4.69) is 12.2 Å². The largest absolute Gasteiger partial charge is 0.378 e. The molecule has 0 aliphatic rings. The Morgan fingerprint density at radius 3 is 2.35 bits per heavy atom. The Morgan fingerprint density at radius 2 is 1.75 bits per heavy atom. The molecule has 112 valence electrons. The van der Waals surface area contributed by atoms with Gasteiger partial charge < -0.3 is 20.5 Å². The lowest BCUT2D eigenvalue weighted by molar-refractivity contribution is 0.0511. The summed E-state index contributed by atoms with van der Waals surface area (Å²) < 4.78 is 10.5. The predicted octanol–water partition coefficient (Wildman–Crippen LogP) is 0.971. The van der Waals surface area contributed by atoms with Gasteiger partial charge in [-0.3, -0.25) is 4.79 Å². The van der Waals surface area contributed by atoms with Gasteiger partial charge in [0.05, 0.1) is 26.4 Å². The molecule has 0 saturated carbocycles. The molecule has 3 N–H and O–H groups in total. The summed E-state index contributed by atoms with van der Waals surface area (Å²) >= 11 is 0. The predicted molar refractivity (Wildman–Crippen MR) is 78.8 cm³/mol. The number of carbonyl (C=O) groups excluding carboxylic acids is 1. The maximum absolute atomic E-state index is 11.8. The Labute approximate surface area is 120 Å². The number of aryl methyl sites for hydroxylation is 1. The van der Waals surface area contributed by atoms with Crippen LogP contribution >= 0.6 is 0 Å². The number of amides is 1. The zero-order valence-electron chi connectivity index (χ0n) is 12.1. The fourth-order valence-electron chi connectivity index (χ4n) is 1.64. The summed E-state index contributed by atoms with van der Waals surface area (Å²) in [6.45, 7) is 5.17.